The molecule has 2 N–H and O–H groups in total. The van der Waals surface area contributed by atoms with Crippen molar-refractivity contribution in [3.8, 4) is 0 Å². The predicted octanol–water partition coefficient (Wildman–Crippen LogP) is 2.64. The normalized spacial score (nSPS) is 26.3. The number of nitrogens with one attached hydrogen (secondary N) is 1. The maximum Gasteiger partial charge on any atom is 0.254 e. The van der Waals surface area contributed by atoms with E-state index in [1.165, 1.54) is 0 Å². The van der Waals surface area contributed by atoms with Gasteiger partial charge in [-0.15, -0.1) is 0 Å². The molecule has 0 spiro atoms. The maximum atomic E-state index is 13.6. The summed E-state index contributed by atoms with van der Waals surface area (Å²) in [6.07, 6.45) is 3.30. The van der Waals surface area contributed by atoms with E-state index >= 15 is 0 Å². The Labute approximate surface area is 117 Å². The molecule has 0 heterocycles. The Hall–Kier alpha value is -1.49. The maximum absolute atomic E-state index is 13.6. The van der Waals surface area contributed by atoms with Gasteiger partial charge in [0.1, 0.15) is 11.6 Å². The topological polar surface area (TPSA) is 49.3 Å². The number of hydrogen-bond donors (Lipinski definition) is 2. The fourth-order valence-corrected chi connectivity index (χ4v) is 2.94. The second-order valence-corrected chi connectivity index (χ2v) is 5.72. The number of hydrogen-bond acceptors (Lipinski definition) is 2. The van der Waals surface area contributed by atoms with Crippen molar-refractivity contribution < 1.29 is 18.7 Å². The summed E-state index contributed by atoms with van der Waals surface area (Å²) in [7, 11) is 0. The molecule has 2 atom stereocenters. The number of halogens is 2. The summed E-state index contributed by atoms with van der Waals surface area (Å²) in [5.41, 5.74) is -0.896. The minimum absolute atomic E-state index is 0.175. The van der Waals surface area contributed by atoms with E-state index in [1.54, 1.807) is 0 Å². The van der Waals surface area contributed by atoms with Crippen LogP contribution in [0.15, 0.2) is 18.2 Å². The van der Waals surface area contributed by atoms with Gasteiger partial charge in [-0.05, 0) is 30.9 Å². The molecule has 1 aromatic rings. The van der Waals surface area contributed by atoms with Crippen LogP contribution in [0.5, 0.6) is 0 Å². The molecular weight excluding hydrogens is 264 g/mol. The van der Waals surface area contributed by atoms with Gasteiger partial charge < -0.3 is 10.4 Å². The van der Waals surface area contributed by atoms with Gasteiger partial charge in [0, 0.05) is 6.07 Å². The highest BCUT2D eigenvalue weighted by Crippen LogP contribution is 2.32. The Kier molecular flexibility index (Phi) is 4.38. The lowest BCUT2D eigenvalue weighted by Crippen LogP contribution is -2.54. The van der Waals surface area contributed by atoms with E-state index in [0.29, 0.717) is 24.8 Å². The number of carbonyl (C=O) groups is 1. The van der Waals surface area contributed by atoms with Gasteiger partial charge in [-0.25, -0.2) is 8.78 Å². The van der Waals surface area contributed by atoms with Gasteiger partial charge in [-0.2, -0.15) is 0 Å². The lowest BCUT2D eigenvalue weighted by molar-refractivity contribution is 0.0693. The Morgan fingerprint density at radius 1 is 1.50 bits per heavy atom. The molecule has 1 aromatic carbocycles. The zero-order valence-electron chi connectivity index (χ0n) is 11.5. The van der Waals surface area contributed by atoms with Crippen molar-refractivity contribution in [2.75, 3.05) is 6.61 Å². The summed E-state index contributed by atoms with van der Waals surface area (Å²) in [6, 6.07) is 2.86. The first-order valence-corrected chi connectivity index (χ1v) is 6.84. The molecular formula is C15H19F2NO2. The Morgan fingerprint density at radius 2 is 2.25 bits per heavy atom. The molecule has 2 unspecified atom stereocenters. The summed E-state index contributed by atoms with van der Waals surface area (Å²) in [5.74, 6) is -1.82. The van der Waals surface area contributed by atoms with E-state index in [2.05, 4.69) is 12.2 Å². The summed E-state index contributed by atoms with van der Waals surface area (Å²) in [4.78, 5) is 12.1. The van der Waals surface area contributed by atoms with E-state index in [0.717, 1.165) is 25.0 Å². The lowest BCUT2D eigenvalue weighted by atomic mass is 9.76. The van der Waals surface area contributed by atoms with Gasteiger partial charge in [-0.3, -0.25) is 4.79 Å². The highest BCUT2D eigenvalue weighted by Gasteiger charge is 2.36. The van der Waals surface area contributed by atoms with E-state index in [9.17, 15) is 18.7 Å². The van der Waals surface area contributed by atoms with E-state index in [-0.39, 0.29) is 12.2 Å². The van der Waals surface area contributed by atoms with Crippen molar-refractivity contribution in [3.05, 3.63) is 35.4 Å². The van der Waals surface area contributed by atoms with Crippen LogP contribution in [0.25, 0.3) is 0 Å². The van der Waals surface area contributed by atoms with Crippen molar-refractivity contribution in [1.29, 1.82) is 0 Å². The van der Waals surface area contributed by atoms with Crippen LogP contribution in [0.2, 0.25) is 0 Å². The first-order valence-electron chi connectivity index (χ1n) is 6.84. The lowest BCUT2D eigenvalue weighted by Gasteiger charge is -2.39. The van der Waals surface area contributed by atoms with Gasteiger partial charge in [0.25, 0.3) is 5.91 Å². The number of benzene rings is 1. The van der Waals surface area contributed by atoms with Gasteiger partial charge in [0.2, 0.25) is 0 Å². The molecule has 1 saturated carbocycles. The largest absolute Gasteiger partial charge is 0.394 e. The summed E-state index contributed by atoms with van der Waals surface area (Å²) >= 11 is 0. The Bertz CT molecular complexity index is 507. The summed E-state index contributed by atoms with van der Waals surface area (Å²) in [6.45, 7) is 1.89. The molecule has 1 aliphatic carbocycles. The molecule has 0 saturated heterocycles. The van der Waals surface area contributed by atoms with Crippen LogP contribution >= 0.6 is 0 Å². The standard InChI is InChI=1S/C15H19F2NO2/c1-10-3-2-6-15(8-10,9-19)18-14(20)12-5-4-11(16)7-13(12)17/h4-5,7,10,19H,2-3,6,8-9H2,1H3,(H,18,20). The monoisotopic (exact) mass is 283 g/mol. The number of aliphatic hydroxyl groups excluding tert-OH is 1. The first kappa shape index (κ1) is 14.9. The van der Waals surface area contributed by atoms with Crippen LogP contribution in [0.3, 0.4) is 0 Å². The molecule has 2 rings (SSSR count). The number of rotatable bonds is 3. The second-order valence-electron chi connectivity index (χ2n) is 5.72. The van der Waals surface area contributed by atoms with Crippen molar-refractivity contribution in [1.82, 2.24) is 5.32 Å². The second kappa shape index (κ2) is 5.87. The molecule has 0 aromatic heterocycles. The van der Waals surface area contributed by atoms with Crippen LogP contribution in [0.1, 0.15) is 43.0 Å². The fourth-order valence-electron chi connectivity index (χ4n) is 2.94. The van der Waals surface area contributed by atoms with Gasteiger partial charge in [-0.1, -0.05) is 19.8 Å². The predicted molar refractivity (Wildman–Crippen MR) is 71.3 cm³/mol. The van der Waals surface area contributed by atoms with Crippen molar-refractivity contribution in [2.45, 2.75) is 38.1 Å². The molecule has 5 heteroatoms. The molecule has 110 valence electrons. The third-order valence-corrected chi connectivity index (χ3v) is 3.95. The minimum Gasteiger partial charge on any atom is -0.394 e. The van der Waals surface area contributed by atoms with E-state index < -0.39 is 23.1 Å². The molecule has 0 radical (unpaired) electrons. The van der Waals surface area contributed by atoms with E-state index in [1.807, 2.05) is 0 Å². The van der Waals surface area contributed by atoms with Gasteiger partial charge in [0.05, 0.1) is 17.7 Å². The molecule has 1 aliphatic rings. The number of carbonyl (C=O) groups excluding carboxylic acids is 1. The SMILES string of the molecule is CC1CCCC(CO)(NC(=O)c2ccc(F)cc2F)C1. The van der Waals surface area contributed by atoms with Crippen LogP contribution in [-0.2, 0) is 0 Å². The molecule has 1 amide bonds. The third kappa shape index (κ3) is 3.15. The fraction of sp³-hybridized carbons (Fsp3) is 0.533. The van der Waals surface area contributed by atoms with Gasteiger partial charge >= 0.3 is 0 Å². The zero-order valence-corrected chi connectivity index (χ0v) is 11.5. The zero-order chi connectivity index (χ0) is 14.8. The third-order valence-electron chi connectivity index (χ3n) is 3.95. The van der Waals surface area contributed by atoms with Crippen LogP contribution < -0.4 is 5.32 Å². The Balaban J connectivity index is 2.16. The average Bonchev–Trinajstić information content (AvgIpc) is 2.38. The molecule has 0 bridgehead atoms. The Morgan fingerprint density at radius 3 is 2.85 bits per heavy atom. The van der Waals surface area contributed by atoms with Gasteiger partial charge in [0.15, 0.2) is 0 Å². The molecule has 20 heavy (non-hydrogen) atoms. The van der Waals surface area contributed by atoms with Crippen LogP contribution in [0.4, 0.5) is 8.78 Å². The highest BCUT2D eigenvalue weighted by molar-refractivity contribution is 5.95. The quantitative estimate of drug-likeness (QED) is 0.896. The average molecular weight is 283 g/mol. The van der Waals surface area contributed by atoms with Crippen molar-refractivity contribution in [2.24, 2.45) is 5.92 Å². The summed E-state index contributed by atoms with van der Waals surface area (Å²) in [5, 5.41) is 12.3. The highest BCUT2D eigenvalue weighted by atomic mass is 19.1. The molecule has 0 aliphatic heterocycles. The molecule has 1 fully saturated rings. The van der Waals surface area contributed by atoms with Crippen LogP contribution in [0, 0.1) is 17.6 Å². The minimum atomic E-state index is -0.889. The first-order chi connectivity index (χ1) is 9.46. The molecule has 3 nitrogen and oxygen atoms in total. The number of amides is 1. The van der Waals surface area contributed by atoms with Crippen molar-refractivity contribution in [3.63, 3.8) is 0 Å². The number of aliphatic hydroxyl groups is 1. The van der Waals surface area contributed by atoms with E-state index in [4.69, 9.17) is 0 Å². The van der Waals surface area contributed by atoms with Crippen molar-refractivity contribution >= 4 is 5.91 Å². The smallest absolute Gasteiger partial charge is 0.254 e. The van der Waals surface area contributed by atoms with Crippen LogP contribution in [-0.4, -0.2) is 23.2 Å². The summed E-state index contributed by atoms with van der Waals surface area (Å²) < 4.78 is 26.4.